The molecular weight excluding hydrogens is 304 g/mol. The van der Waals surface area contributed by atoms with Gasteiger partial charge in [-0.15, -0.1) is 0 Å². The Labute approximate surface area is 144 Å². The van der Waals surface area contributed by atoms with Crippen LogP contribution < -0.4 is 4.74 Å². The number of β-amino-alcohol motifs (C(OH)–C–C–N with tert-alkyl or cyclic N) is 1. The van der Waals surface area contributed by atoms with Crippen molar-refractivity contribution < 1.29 is 14.6 Å². The fourth-order valence-electron chi connectivity index (χ4n) is 3.60. The first-order valence-corrected chi connectivity index (χ1v) is 8.75. The lowest BCUT2D eigenvalue weighted by atomic mass is 10.1. The molecule has 5 heteroatoms. The van der Waals surface area contributed by atoms with Crippen molar-refractivity contribution in [2.75, 3.05) is 39.8 Å². The highest BCUT2D eigenvalue weighted by Gasteiger charge is 2.46. The van der Waals surface area contributed by atoms with E-state index in [1.807, 2.05) is 30.9 Å². The third-order valence-corrected chi connectivity index (χ3v) is 4.95. The first kappa shape index (κ1) is 17.2. The Morgan fingerprint density at radius 3 is 2.38 bits per heavy atom. The van der Waals surface area contributed by atoms with Gasteiger partial charge in [0.1, 0.15) is 5.75 Å². The second-order valence-corrected chi connectivity index (χ2v) is 7.64. The minimum absolute atomic E-state index is 0.138. The lowest BCUT2D eigenvalue weighted by Crippen LogP contribution is -2.52. The van der Waals surface area contributed by atoms with Gasteiger partial charge in [-0.25, -0.2) is 0 Å². The minimum Gasteiger partial charge on any atom is -0.497 e. The number of hydrogen-bond donors (Lipinski definition) is 1. The number of methoxy groups -OCH3 is 1. The third-order valence-electron chi connectivity index (χ3n) is 4.95. The smallest absolute Gasteiger partial charge is 0.226 e. The number of amides is 1. The molecule has 1 aromatic rings. The van der Waals surface area contributed by atoms with Crippen LogP contribution in [0, 0.1) is 5.92 Å². The average Bonchev–Trinajstić information content (AvgIpc) is 3.34. The summed E-state index contributed by atoms with van der Waals surface area (Å²) < 4.78 is 5.19. The SMILES string of the molecule is COc1ccc([C@H]2C[C@H]2C(=O)N2CCN(CC(C)(C)O)CC2)cc1. The molecule has 0 spiro atoms. The molecule has 0 unspecified atom stereocenters. The fraction of sp³-hybridized carbons (Fsp3) is 0.632. The topological polar surface area (TPSA) is 53.0 Å². The molecule has 24 heavy (non-hydrogen) atoms. The summed E-state index contributed by atoms with van der Waals surface area (Å²) in [6, 6.07) is 8.06. The van der Waals surface area contributed by atoms with Gasteiger partial charge in [-0.3, -0.25) is 9.69 Å². The van der Waals surface area contributed by atoms with E-state index < -0.39 is 5.60 Å². The van der Waals surface area contributed by atoms with E-state index in [2.05, 4.69) is 17.0 Å². The normalized spacial score (nSPS) is 24.8. The van der Waals surface area contributed by atoms with E-state index in [1.54, 1.807) is 7.11 Å². The van der Waals surface area contributed by atoms with Gasteiger partial charge in [0.25, 0.3) is 0 Å². The summed E-state index contributed by atoms with van der Waals surface area (Å²) in [6.07, 6.45) is 0.953. The Kier molecular flexibility index (Phi) is 4.83. The van der Waals surface area contributed by atoms with E-state index in [4.69, 9.17) is 4.74 Å². The first-order chi connectivity index (χ1) is 11.4. The van der Waals surface area contributed by atoms with Crippen LogP contribution in [0.3, 0.4) is 0 Å². The molecule has 1 aliphatic carbocycles. The van der Waals surface area contributed by atoms with Crippen LogP contribution in [0.25, 0.3) is 0 Å². The van der Waals surface area contributed by atoms with Crippen molar-refractivity contribution >= 4 is 5.91 Å². The number of benzene rings is 1. The van der Waals surface area contributed by atoms with Gasteiger partial charge in [-0.05, 0) is 43.9 Å². The van der Waals surface area contributed by atoms with E-state index >= 15 is 0 Å². The largest absolute Gasteiger partial charge is 0.497 e. The molecule has 0 radical (unpaired) electrons. The zero-order valence-corrected chi connectivity index (χ0v) is 14.9. The van der Waals surface area contributed by atoms with Crippen LogP contribution in [0.1, 0.15) is 31.7 Å². The van der Waals surface area contributed by atoms with Gasteiger partial charge < -0.3 is 14.7 Å². The van der Waals surface area contributed by atoms with Gasteiger partial charge in [0.15, 0.2) is 0 Å². The molecule has 0 aromatic heterocycles. The molecule has 1 amide bonds. The molecule has 5 nitrogen and oxygen atoms in total. The maximum absolute atomic E-state index is 12.7. The quantitative estimate of drug-likeness (QED) is 0.892. The number of piperazine rings is 1. The predicted molar refractivity (Wildman–Crippen MR) is 93.2 cm³/mol. The van der Waals surface area contributed by atoms with Crippen LogP contribution in [-0.2, 0) is 4.79 Å². The van der Waals surface area contributed by atoms with Gasteiger partial charge in [0, 0.05) is 38.6 Å². The van der Waals surface area contributed by atoms with Crippen LogP contribution in [0.4, 0.5) is 0 Å². The first-order valence-electron chi connectivity index (χ1n) is 8.75. The molecule has 1 saturated heterocycles. The molecule has 2 atom stereocenters. The van der Waals surface area contributed by atoms with E-state index in [0.717, 1.165) is 38.3 Å². The van der Waals surface area contributed by atoms with E-state index in [9.17, 15) is 9.90 Å². The molecule has 132 valence electrons. The number of nitrogens with zero attached hydrogens (tertiary/aromatic N) is 2. The Morgan fingerprint density at radius 1 is 1.21 bits per heavy atom. The molecule has 1 aromatic carbocycles. The summed E-state index contributed by atoms with van der Waals surface area (Å²) in [5, 5.41) is 9.91. The average molecular weight is 332 g/mol. The van der Waals surface area contributed by atoms with Gasteiger partial charge in [-0.2, -0.15) is 0 Å². The standard InChI is InChI=1S/C19H28N2O3/c1-19(2,23)13-20-8-10-21(11-9-20)18(22)17-12-16(17)14-4-6-15(24-3)7-5-14/h4-7,16-17,23H,8-13H2,1-3H3/t16-,17-/m1/s1. The number of hydrogen-bond acceptors (Lipinski definition) is 4. The van der Waals surface area contributed by atoms with Crippen LogP contribution in [0.15, 0.2) is 24.3 Å². The molecule has 1 N–H and O–H groups in total. The number of carbonyl (C=O) groups is 1. The minimum atomic E-state index is -0.678. The Morgan fingerprint density at radius 2 is 1.83 bits per heavy atom. The van der Waals surface area contributed by atoms with Crippen molar-refractivity contribution in [1.82, 2.24) is 9.80 Å². The Hall–Kier alpha value is -1.59. The van der Waals surface area contributed by atoms with Gasteiger partial charge >= 0.3 is 0 Å². The van der Waals surface area contributed by atoms with Gasteiger partial charge in [-0.1, -0.05) is 12.1 Å². The number of carbonyl (C=O) groups excluding carboxylic acids is 1. The van der Waals surface area contributed by atoms with E-state index in [-0.39, 0.29) is 5.92 Å². The molecule has 3 rings (SSSR count). The van der Waals surface area contributed by atoms with Crippen molar-refractivity contribution in [2.24, 2.45) is 5.92 Å². The van der Waals surface area contributed by atoms with Crippen LogP contribution >= 0.6 is 0 Å². The summed E-state index contributed by atoms with van der Waals surface area (Å²) in [4.78, 5) is 16.9. The molecule has 1 aliphatic heterocycles. The molecular formula is C19H28N2O3. The second kappa shape index (κ2) is 6.73. The number of aliphatic hydroxyl groups is 1. The monoisotopic (exact) mass is 332 g/mol. The molecule has 0 bridgehead atoms. The fourth-order valence-corrected chi connectivity index (χ4v) is 3.60. The van der Waals surface area contributed by atoms with Crippen LogP contribution in [0.2, 0.25) is 0 Å². The maximum Gasteiger partial charge on any atom is 0.226 e. The maximum atomic E-state index is 12.7. The Bertz CT molecular complexity index is 571. The lowest BCUT2D eigenvalue weighted by Gasteiger charge is -2.37. The van der Waals surface area contributed by atoms with E-state index in [0.29, 0.717) is 18.4 Å². The zero-order chi connectivity index (χ0) is 17.3. The summed E-state index contributed by atoms with van der Waals surface area (Å²) in [5.74, 6) is 1.64. The highest BCUT2D eigenvalue weighted by Crippen LogP contribution is 2.48. The highest BCUT2D eigenvalue weighted by atomic mass is 16.5. The van der Waals surface area contributed by atoms with Crippen molar-refractivity contribution in [3.63, 3.8) is 0 Å². The number of ether oxygens (including phenoxy) is 1. The summed E-state index contributed by atoms with van der Waals surface area (Å²) in [6.45, 7) is 7.53. The van der Waals surface area contributed by atoms with Crippen molar-refractivity contribution in [3.05, 3.63) is 29.8 Å². The van der Waals surface area contributed by atoms with Gasteiger partial charge in [0.2, 0.25) is 5.91 Å². The predicted octanol–water partition coefficient (Wildman–Crippen LogP) is 1.71. The summed E-state index contributed by atoms with van der Waals surface area (Å²) >= 11 is 0. The van der Waals surface area contributed by atoms with Crippen LogP contribution in [0.5, 0.6) is 5.75 Å². The molecule has 2 aliphatic rings. The third kappa shape index (κ3) is 4.08. The zero-order valence-electron chi connectivity index (χ0n) is 14.9. The highest BCUT2D eigenvalue weighted by molar-refractivity contribution is 5.83. The van der Waals surface area contributed by atoms with Crippen LogP contribution in [-0.4, -0.2) is 66.2 Å². The van der Waals surface area contributed by atoms with Crippen molar-refractivity contribution in [2.45, 2.75) is 31.8 Å². The second-order valence-electron chi connectivity index (χ2n) is 7.64. The summed E-state index contributed by atoms with van der Waals surface area (Å²) in [7, 11) is 1.66. The molecule has 1 heterocycles. The van der Waals surface area contributed by atoms with Gasteiger partial charge in [0.05, 0.1) is 12.7 Å². The number of rotatable bonds is 5. The van der Waals surface area contributed by atoms with E-state index in [1.165, 1.54) is 5.56 Å². The van der Waals surface area contributed by atoms with Crippen molar-refractivity contribution in [1.29, 1.82) is 0 Å². The Balaban J connectivity index is 1.50. The van der Waals surface area contributed by atoms with Crippen molar-refractivity contribution in [3.8, 4) is 5.75 Å². The molecule has 1 saturated carbocycles. The summed E-state index contributed by atoms with van der Waals surface area (Å²) in [5.41, 5.74) is 0.553. The lowest BCUT2D eigenvalue weighted by molar-refractivity contribution is -0.134. The molecule has 2 fully saturated rings.